The van der Waals surface area contributed by atoms with Gasteiger partial charge >= 0.3 is 12.0 Å². The van der Waals surface area contributed by atoms with Crippen LogP contribution < -0.4 is 5.32 Å². The molecule has 1 atom stereocenters. The fourth-order valence-electron chi connectivity index (χ4n) is 1.52. The first-order valence-electron chi connectivity index (χ1n) is 6.08. The first-order chi connectivity index (χ1) is 9.45. The molecule has 1 aromatic heterocycles. The van der Waals surface area contributed by atoms with Crippen LogP contribution in [0.1, 0.15) is 17.0 Å². The van der Waals surface area contributed by atoms with E-state index in [0.29, 0.717) is 6.54 Å². The van der Waals surface area contributed by atoms with Crippen molar-refractivity contribution in [3.05, 3.63) is 16.1 Å². The third-order valence-corrected chi connectivity index (χ3v) is 3.70. The van der Waals surface area contributed by atoms with Gasteiger partial charge in [-0.25, -0.2) is 14.6 Å². The minimum atomic E-state index is -1.07. The number of amides is 2. The summed E-state index contributed by atoms with van der Waals surface area (Å²) in [6.07, 6.45) is 0.227. The van der Waals surface area contributed by atoms with E-state index in [2.05, 4.69) is 10.3 Å². The Balaban J connectivity index is 2.55. The molecule has 8 heteroatoms. The van der Waals surface area contributed by atoms with Crippen LogP contribution in [0, 0.1) is 6.92 Å². The quantitative estimate of drug-likeness (QED) is 0.786. The van der Waals surface area contributed by atoms with Crippen LogP contribution in [0.4, 0.5) is 4.79 Å². The van der Waals surface area contributed by atoms with Crippen LogP contribution in [-0.4, -0.2) is 53.8 Å². The van der Waals surface area contributed by atoms with Gasteiger partial charge in [-0.15, -0.1) is 11.3 Å². The Morgan fingerprint density at radius 3 is 2.80 bits per heavy atom. The summed E-state index contributed by atoms with van der Waals surface area (Å²) in [4.78, 5) is 29.5. The SMILES string of the molecule is COCCC(NC(=O)N(C)Cc1scnc1C)C(=O)O. The number of carboxylic acid groups (broad SMARTS) is 1. The molecule has 20 heavy (non-hydrogen) atoms. The molecule has 1 unspecified atom stereocenters. The Labute approximate surface area is 121 Å². The number of aliphatic carboxylic acids is 1. The van der Waals surface area contributed by atoms with Crippen LogP contribution in [-0.2, 0) is 16.1 Å². The van der Waals surface area contributed by atoms with E-state index in [-0.39, 0.29) is 13.0 Å². The van der Waals surface area contributed by atoms with Gasteiger partial charge in [0.1, 0.15) is 6.04 Å². The van der Waals surface area contributed by atoms with Gasteiger partial charge in [0.15, 0.2) is 0 Å². The van der Waals surface area contributed by atoms with Crippen molar-refractivity contribution in [2.24, 2.45) is 0 Å². The third kappa shape index (κ3) is 4.78. The minimum Gasteiger partial charge on any atom is -0.480 e. The summed E-state index contributed by atoms with van der Waals surface area (Å²) in [5.41, 5.74) is 2.60. The van der Waals surface area contributed by atoms with E-state index in [0.717, 1.165) is 10.6 Å². The molecular weight excluding hydrogens is 282 g/mol. The molecule has 0 aromatic carbocycles. The van der Waals surface area contributed by atoms with Crippen LogP contribution in [0.2, 0.25) is 0 Å². The number of nitrogens with zero attached hydrogens (tertiary/aromatic N) is 2. The Morgan fingerprint density at radius 2 is 2.30 bits per heavy atom. The fourth-order valence-corrected chi connectivity index (χ4v) is 2.35. The lowest BCUT2D eigenvalue weighted by molar-refractivity contribution is -0.139. The number of carbonyl (C=O) groups excluding carboxylic acids is 1. The lowest BCUT2D eigenvalue weighted by Crippen LogP contribution is -2.46. The minimum absolute atomic E-state index is 0.227. The predicted octanol–water partition coefficient (Wildman–Crippen LogP) is 1.08. The molecule has 0 radical (unpaired) electrons. The molecule has 0 fully saturated rings. The van der Waals surface area contributed by atoms with E-state index in [1.54, 1.807) is 12.6 Å². The number of rotatable bonds is 7. The average molecular weight is 301 g/mol. The number of aryl methyl sites for hydroxylation is 1. The third-order valence-electron chi connectivity index (χ3n) is 2.78. The zero-order valence-electron chi connectivity index (χ0n) is 11.8. The van der Waals surface area contributed by atoms with Gasteiger partial charge in [0.2, 0.25) is 0 Å². The summed E-state index contributed by atoms with van der Waals surface area (Å²) in [5, 5.41) is 11.5. The molecule has 0 aliphatic heterocycles. The van der Waals surface area contributed by atoms with Gasteiger partial charge in [-0.1, -0.05) is 0 Å². The van der Waals surface area contributed by atoms with Crippen molar-refractivity contribution in [1.82, 2.24) is 15.2 Å². The second-order valence-corrected chi connectivity index (χ2v) is 5.28. The predicted molar refractivity (Wildman–Crippen MR) is 74.8 cm³/mol. The molecule has 112 valence electrons. The second-order valence-electron chi connectivity index (χ2n) is 4.34. The van der Waals surface area contributed by atoms with E-state index in [4.69, 9.17) is 9.84 Å². The molecule has 1 aromatic rings. The highest BCUT2D eigenvalue weighted by atomic mass is 32.1. The molecule has 1 heterocycles. The molecule has 2 amide bonds. The molecule has 0 saturated carbocycles. The Bertz CT molecular complexity index is 463. The maximum absolute atomic E-state index is 12.0. The van der Waals surface area contributed by atoms with Crippen molar-refractivity contribution in [2.45, 2.75) is 25.9 Å². The maximum Gasteiger partial charge on any atom is 0.326 e. The monoisotopic (exact) mass is 301 g/mol. The molecule has 1 rings (SSSR count). The number of methoxy groups -OCH3 is 1. The number of hydrogen-bond donors (Lipinski definition) is 2. The highest BCUT2D eigenvalue weighted by Gasteiger charge is 2.21. The summed E-state index contributed by atoms with van der Waals surface area (Å²) in [6.45, 7) is 2.55. The molecular formula is C12H19N3O4S. The van der Waals surface area contributed by atoms with Crippen molar-refractivity contribution >= 4 is 23.3 Å². The van der Waals surface area contributed by atoms with Crippen molar-refractivity contribution in [3.8, 4) is 0 Å². The molecule has 0 saturated heterocycles. The van der Waals surface area contributed by atoms with Crippen molar-refractivity contribution < 1.29 is 19.4 Å². The number of urea groups is 1. The van der Waals surface area contributed by atoms with Crippen LogP contribution >= 0.6 is 11.3 Å². The van der Waals surface area contributed by atoms with Crippen LogP contribution in [0.25, 0.3) is 0 Å². The highest BCUT2D eigenvalue weighted by molar-refractivity contribution is 7.09. The molecule has 2 N–H and O–H groups in total. The first kappa shape index (κ1) is 16.4. The standard InChI is InChI=1S/C12H19N3O4S/c1-8-10(20-7-13-8)6-15(2)12(18)14-9(11(16)17)4-5-19-3/h7,9H,4-6H2,1-3H3,(H,14,18)(H,16,17). The zero-order chi connectivity index (χ0) is 15.1. The van der Waals surface area contributed by atoms with E-state index in [9.17, 15) is 9.59 Å². The van der Waals surface area contributed by atoms with E-state index in [1.165, 1.54) is 23.3 Å². The summed E-state index contributed by atoms with van der Waals surface area (Å²) in [7, 11) is 3.10. The van der Waals surface area contributed by atoms with Gasteiger partial charge in [0.05, 0.1) is 17.7 Å². The van der Waals surface area contributed by atoms with Crippen LogP contribution in [0.3, 0.4) is 0 Å². The molecule has 0 spiro atoms. The van der Waals surface area contributed by atoms with E-state index < -0.39 is 18.0 Å². The number of ether oxygens (including phenoxy) is 1. The van der Waals surface area contributed by atoms with Crippen molar-refractivity contribution in [2.75, 3.05) is 20.8 Å². The molecule has 0 aliphatic carbocycles. The number of aromatic nitrogens is 1. The maximum atomic E-state index is 12.0. The Morgan fingerprint density at radius 1 is 1.60 bits per heavy atom. The lowest BCUT2D eigenvalue weighted by atomic mass is 10.2. The van der Waals surface area contributed by atoms with Gasteiger partial charge < -0.3 is 20.1 Å². The summed E-state index contributed by atoms with van der Waals surface area (Å²) in [5.74, 6) is -1.07. The fraction of sp³-hybridized carbons (Fsp3) is 0.583. The Hall–Kier alpha value is -1.67. The topological polar surface area (TPSA) is 91.8 Å². The lowest BCUT2D eigenvalue weighted by Gasteiger charge is -2.21. The van der Waals surface area contributed by atoms with E-state index in [1.807, 2.05) is 6.92 Å². The smallest absolute Gasteiger partial charge is 0.326 e. The van der Waals surface area contributed by atoms with Crippen molar-refractivity contribution in [1.29, 1.82) is 0 Å². The summed E-state index contributed by atoms with van der Waals surface area (Å²) < 4.78 is 4.83. The number of carbonyl (C=O) groups is 2. The van der Waals surface area contributed by atoms with Gasteiger partial charge in [-0.3, -0.25) is 0 Å². The normalized spacial score (nSPS) is 11.9. The molecule has 7 nitrogen and oxygen atoms in total. The molecule has 0 bridgehead atoms. The highest BCUT2D eigenvalue weighted by Crippen LogP contribution is 2.14. The number of carboxylic acids is 1. The largest absolute Gasteiger partial charge is 0.480 e. The summed E-state index contributed by atoms with van der Waals surface area (Å²) in [6, 6.07) is -1.38. The van der Waals surface area contributed by atoms with Gasteiger partial charge in [0.25, 0.3) is 0 Å². The van der Waals surface area contributed by atoms with Crippen LogP contribution in [0.5, 0.6) is 0 Å². The first-order valence-corrected chi connectivity index (χ1v) is 6.96. The van der Waals surface area contributed by atoms with Gasteiger partial charge in [0, 0.05) is 32.1 Å². The molecule has 0 aliphatic rings. The van der Waals surface area contributed by atoms with Gasteiger partial charge in [-0.05, 0) is 6.92 Å². The number of thiazole rings is 1. The van der Waals surface area contributed by atoms with Crippen molar-refractivity contribution in [3.63, 3.8) is 0 Å². The number of hydrogen-bond acceptors (Lipinski definition) is 5. The van der Waals surface area contributed by atoms with Gasteiger partial charge in [-0.2, -0.15) is 0 Å². The summed E-state index contributed by atoms with van der Waals surface area (Å²) >= 11 is 1.47. The number of nitrogens with one attached hydrogen (secondary N) is 1. The van der Waals surface area contributed by atoms with E-state index >= 15 is 0 Å². The zero-order valence-corrected chi connectivity index (χ0v) is 12.6. The van der Waals surface area contributed by atoms with Crippen LogP contribution in [0.15, 0.2) is 5.51 Å². The Kier molecular flexibility index (Phi) is 6.40. The average Bonchev–Trinajstić information content (AvgIpc) is 2.79. The second kappa shape index (κ2) is 7.81.